The zero-order valence-corrected chi connectivity index (χ0v) is 10.4. The summed E-state index contributed by atoms with van der Waals surface area (Å²) < 4.78 is 4.81. The van der Waals surface area contributed by atoms with E-state index in [0.717, 1.165) is 0 Å². The second kappa shape index (κ2) is 6.09. The van der Waals surface area contributed by atoms with Gasteiger partial charge in [0, 0.05) is 21.7 Å². The van der Waals surface area contributed by atoms with Gasteiger partial charge < -0.3 is 10.5 Å². The van der Waals surface area contributed by atoms with Crippen molar-refractivity contribution in [2.75, 3.05) is 6.61 Å². The number of ether oxygens (including phenoxy) is 1. The van der Waals surface area contributed by atoms with Gasteiger partial charge in [-0.15, -0.1) is 0 Å². The number of benzene rings is 1. The number of hydrogen-bond donors (Lipinski definition) is 1. The van der Waals surface area contributed by atoms with Crippen molar-refractivity contribution in [3.63, 3.8) is 0 Å². The van der Waals surface area contributed by atoms with Crippen LogP contribution in [0.4, 0.5) is 0 Å². The monoisotopic (exact) mass is 261 g/mol. The Labute approximate surface area is 104 Å². The minimum Gasteiger partial charge on any atom is -0.466 e. The first-order valence-corrected chi connectivity index (χ1v) is 5.67. The third-order valence-electron chi connectivity index (χ3n) is 2.06. The predicted molar refractivity (Wildman–Crippen MR) is 64.6 cm³/mol. The topological polar surface area (TPSA) is 52.3 Å². The Morgan fingerprint density at radius 1 is 1.44 bits per heavy atom. The lowest BCUT2D eigenvalue weighted by Crippen LogP contribution is -2.18. The Bertz CT molecular complexity index is 362. The van der Waals surface area contributed by atoms with E-state index in [1.165, 1.54) is 0 Å². The number of halogens is 2. The second-order valence-electron chi connectivity index (χ2n) is 3.25. The molecule has 16 heavy (non-hydrogen) atoms. The van der Waals surface area contributed by atoms with E-state index in [-0.39, 0.29) is 12.4 Å². The molecule has 0 aliphatic heterocycles. The predicted octanol–water partition coefficient (Wildman–Crippen LogP) is 2.95. The Morgan fingerprint density at radius 2 is 2.00 bits per heavy atom. The first-order valence-electron chi connectivity index (χ1n) is 4.91. The van der Waals surface area contributed by atoms with Crippen LogP contribution in [0, 0.1) is 0 Å². The van der Waals surface area contributed by atoms with Gasteiger partial charge in [-0.25, -0.2) is 0 Å². The van der Waals surface area contributed by atoms with Gasteiger partial charge in [0.25, 0.3) is 0 Å². The van der Waals surface area contributed by atoms with E-state index in [1.54, 1.807) is 25.1 Å². The van der Waals surface area contributed by atoms with Gasteiger partial charge >= 0.3 is 5.97 Å². The minimum absolute atomic E-state index is 0.0668. The van der Waals surface area contributed by atoms with E-state index in [9.17, 15) is 4.79 Å². The first-order chi connectivity index (χ1) is 7.56. The van der Waals surface area contributed by atoms with Crippen molar-refractivity contribution in [3.05, 3.63) is 33.8 Å². The molecule has 0 amide bonds. The molecule has 0 radical (unpaired) electrons. The summed E-state index contributed by atoms with van der Waals surface area (Å²) in [6, 6.07) is 4.56. The van der Waals surface area contributed by atoms with Crippen molar-refractivity contribution in [1.82, 2.24) is 0 Å². The molecule has 0 saturated heterocycles. The van der Waals surface area contributed by atoms with Crippen LogP contribution in [0.25, 0.3) is 0 Å². The zero-order valence-electron chi connectivity index (χ0n) is 8.87. The van der Waals surface area contributed by atoms with Gasteiger partial charge in [0.15, 0.2) is 0 Å². The highest BCUT2D eigenvalue weighted by molar-refractivity contribution is 6.36. The summed E-state index contributed by atoms with van der Waals surface area (Å²) in [4.78, 5) is 11.3. The molecule has 0 fully saturated rings. The third kappa shape index (κ3) is 3.37. The maximum atomic E-state index is 11.3. The zero-order chi connectivity index (χ0) is 12.1. The largest absolute Gasteiger partial charge is 0.466 e. The molecule has 2 N–H and O–H groups in total. The number of hydrogen-bond acceptors (Lipinski definition) is 3. The molecule has 0 saturated carbocycles. The fraction of sp³-hybridized carbons (Fsp3) is 0.364. The summed E-state index contributed by atoms with van der Waals surface area (Å²) in [7, 11) is 0. The maximum absolute atomic E-state index is 11.3. The standard InChI is InChI=1S/C11H13Cl2NO2/c1-2-16-10(15)6-9(14)11-7(12)4-3-5-8(11)13/h3-5,9H,2,6,14H2,1H3. The average molecular weight is 262 g/mol. The molecule has 1 unspecified atom stereocenters. The summed E-state index contributed by atoms with van der Waals surface area (Å²) >= 11 is 11.9. The van der Waals surface area contributed by atoms with Crippen LogP contribution in [0.15, 0.2) is 18.2 Å². The fourth-order valence-corrected chi connectivity index (χ4v) is 2.04. The van der Waals surface area contributed by atoms with Gasteiger partial charge in [0.05, 0.1) is 13.0 Å². The smallest absolute Gasteiger partial charge is 0.307 e. The van der Waals surface area contributed by atoms with Crippen LogP contribution in [0.1, 0.15) is 24.9 Å². The number of carbonyl (C=O) groups excluding carboxylic acids is 1. The average Bonchev–Trinajstić information content (AvgIpc) is 2.17. The molecule has 0 aliphatic rings. The van der Waals surface area contributed by atoms with Gasteiger partial charge in [-0.2, -0.15) is 0 Å². The summed E-state index contributed by atoms with van der Waals surface area (Å²) in [5.74, 6) is -0.356. The lowest BCUT2D eigenvalue weighted by atomic mass is 10.0. The van der Waals surface area contributed by atoms with E-state index < -0.39 is 6.04 Å². The van der Waals surface area contributed by atoms with Gasteiger partial charge in [-0.1, -0.05) is 29.3 Å². The summed E-state index contributed by atoms with van der Waals surface area (Å²) in [5.41, 5.74) is 6.44. The number of rotatable bonds is 4. The molecule has 1 rings (SSSR count). The lowest BCUT2D eigenvalue weighted by Gasteiger charge is -2.14. The molecule has 0 spiro atoms. The quantitative estimate of drug-likeness (QED) is 0.849. The molecular weight excluding hydrogens is 249 g/mol. The normalized spacial score (nSPS) is 12.2. The molecule has 1 aromatic carbocycles. The first kappa shape index (κ1) is 13.3. The van der Waals surface area contributed by atoms with E-state index >= 15 is 0 Å². The third-order valence-corrected chi connectivity index (χ3v) is 2.72. The molecule has 0 heterocycles. The van der Waals surface area contributed by atoms with E-state index in [1.807, 2.05) is 0 Å². The van der Waals surface area contributed by atoms with Crippen molar-refractivity contribution >= 4 is 29.2 Å². The second-order valence-corrected chi connectivity index (χ2v) is 4.07. The van der Waals surface area contributed by atoms with Crippen LogP contribution in [0.3, 0.4) is 0 Å². The maximum Gasteiger partial charge on any atom is 0.307 e. The van der Waals surface area contributed by atoms with Crippen LogP contribution >= 0.6 is 23.2 Å². The molecule has 1 atom stereocenters. The molecular formula is C11H13Cl2NO2. The van der Waals surface area contributed by atoms with Crippen molar-refractivity contribution in [1.29, 1.82) is 0 Å². The molecule has 0 aromatic heterocycles. The number of carbonyl (C=O) groups is 1. The molecule has 1 aromatic rings. The summed E-state index contributed by atoms with van der Waals surface area (Å²) in [6.07, 6.45) is 0.0668. The van der Waals surface area contributed by atoms with Crippen molar-refractivity contribution in [2.24, 2.45) is 5.73 Å². The van der Waals surface area contributed by atoms with Crippen molar-refractivity contribution in [2.45, 2.75) is 19.4 Å². The number of nitrogens with two attached hydrogens (primary N) is 1. The van der Waals surface area contributed by atoms with Gasteiger partial charge in [-0.05, 0) is 19.1 Å². The van der Waals surface area contributed by atoms with Crippen molar-refractivity contribution in [3.8, 4) is 0 Å². The Kier molecular flexibility index (Phi) is 5.06. The van der Waals surface area contributed by atoms with Crippen LogP contribution in [-0.4, -0.2) is 12.6 Å². The van der Waals surface area contributed by atoms with Crippen LogP contribution < -0.4 is 5.73 Å². The van der Waals surface area contributed by atoms with Crippen LogP contribution in [0.2, 0.25) is 10.0 Å². The lowest BCUT2D eigenvalue weighted by molar-refractivity contribution is -0.143. The van der Waals surface area contributed by atoms with Gasteiger partial charge in [0.1, 0.15) is 0 Å². The fourth-order valence-electron chi connectivity index (χ4n) is 1.37. The highest BCUT2D eigenvalue weighted by atomic mass is 35.5. The highest BCUT2D eigenvalue weighted by Crippen LogP contribution is 2.30. The Hall–Kier alpha value is -0.770. The van der Waals surface area contributed by atoms with E-state index in [4.69, 9.17) is 33.7 Å². The van der Waals surface area contributed by atoms with Crippen LogP contribution in [-0.2, 0) is 9.53 Å². The van der Waals surface area contributed by atoms with Gasteiger partial charge in [0.2, 0.25) is 0 Å². The van der Waals surface area contributed by atoms with Crippen LogP contribution in [0.5, 0.6) is 0 Å². The Balaban J connectivity index is 2.80. The highest BCUT2D eigenvalue weighted by Gasteiger charge is 2.17. The molecule has 3 nitrogen and oxygen atoms in total. The molecule has 5 heteroatoms. The molecule has 88 valence electrons. The summed E-state index contributed by atoms with van der Waals surface area (Å²) in [6.45, 7) is 2.08. The molecule has 0 bridgehead atoms. The number of esters is 1. The SMILES string of the molecule is CCOC(=O)CC(N)c1c(Cl)cccc1Cl. The van der Waals surface area contributed by atoms with Crippen molar-refractivity contribution < 1.29 is 9.53 Å². The molecule has 0 aliphatic carbocycles. The minimum atomic E-state index is -0.541. The van der Waals surface area contributed by atoms with Gasteiger partial charge in [-0.3, -0.25) is 4.79 Å². The van der Waals surface area contributed by atoms with E-state index in [2.05, 4.69) is 0 Å². The van der Waals surface area contributed by atoms with E-state index in [0.29, 0.717) is 22.2 Å². The Morgan fingerprint density at radius 3 is 2.50 bits per heavy atom. The summed E-state index contributed by atoms with van der Waals surface area (Å²) in [5, 5.41) is 0.925.